The minimum atomic E-state index is -0.241. The minimum Gasteiger partial charge on any atom is -0.384 e. The highest BCUT2D eigenvalue weighted by Gasteiger charge is 2.04. The van der Waals surface area contributed by atoms with Crippen LogP contribution < -0.4 is 10.6 Å². The van der Waals surface area contributed by atoms with Gasteiger partial charge in [0.1, 0.15) is 6.61 Å². The smallest absolute Gasteiger partial charge is 0.319 e. The van der Waals surface area contributed by atoms with Gasteiger partial charge in [-0.2, -0.15) is 0 Å². The fourth-order valence-corrected chi connectivity index (χ4v) is 1.40. The lowest BCUT2D eigenvalue weighted by Crippen LogP contribution is -2.34. The normalized spacial score (nSPS) is 9.61. The highest BCUT2D eigenvalue weighted by molar-refractivity contribution is 5.89. The van der Waals surface area contributed by atoms with Crippen LogP contribution in [0.3, 0.4) is 0 Å². The Balaban J connectivity index is 2.82. The van der Waals surface area contributed by atoms with E-state index < -0.39 is 0 Å². The molecule has 0 heterocycles. The van der Waals surface area contributed by atoms with E-state index in [1.807, 2.05) is 32.9 Å². The predicted octanol–water partition coefficient (Wildman–Crippen LogP) is 1.87. The van der Waals surface area contributed by atoms with Gasteiger partial charge in [0.15, 0.2) is 0 Å². The monoisotopic (exact) mass is 246 g/mol. The Morgan fingerprint density at radius 2 is 2.17 bits per heavy atom. The third kappa shape index (κ3) is 4.48. The Kier molecular flexibility index (Phi) is 5.22. The number of hydrogen-bond acceptors (Lipinski definition) is 2. The first-order chi connectivity index (χ1) is 8.52. The van der Waals surface area contributed by atoms with E-state index in [1.165, 1.54) is 0 Å². The molecule has 0 aliphatic rings. The van der Waals surface area contributed by atoms with E-state index in [-0.39, 0.29) is 18.7 Å². The van der Waals surface area contributed by atoms with Crippen LogP contribution in [0.5, 0.6) is 0 Å². The van der Waals surface area contributed by atoms with Crippen molar-refractivity contribution in [2.24, 2.45) is 0 Å². The molecule has 1 rings (SSSR count). The molecule has 3 N–H and O–H groups in total. The quantitative estimate of drug-likeness (QED) is 0.698. The largest absolute Gasteiger partial charge is 0.384 e. The standard InChI is InChI=1S/C14H18N2O2/c1-10(2)15-14(18)16-13-7-6-11(3)12(9-13)5-4-8-17/h6-7,9-10,17H,8H2,1-3H3,(H2,15,16,18). The Bertz CT molecular complexity index is 484. The molecule has 0 saturated heterocycles. The second kappa shape index (κ2) is 6.67. The SMILES string of the molecule is Cc1ccc(NC(=O)NC(C)C)cc1C#CCO. The lowest BCUT2D eigenvalue weighted by atomic mass is 10.1. The molecule has 0 bridgehead atoms. The van der Waals surface area contributed by atoms with Gasteiger partial charge in [-0.05, 0) is 38.5 Å². The number of amides is 2. The molecule has 96 valence electrons. The average molecular weight is 246 g/mol. The first kappa shape index (κ1) is 14.1. The first-order valence-electron chi connectivity index (χ1n) is 5.81. The van der Waals surface area contributed by atoms with Crippen LogP contribution in [-0.2, 0) is 0 Å². The summed E-state index contributed by atoms with van der Waals surface area (Å²) in [7, 11) is 0. The zero-order valence-corrected chi connectivity index (χ0v) is 10.9. The zero-order valence-electron chi connectivity index (χ0n) is 10.9. The molecular formula is C14H18N2O2. The van der Waals surface area contributed by atoms with E-state index in [9.17, 15) is 4.79 Å². The number of rotatable bonds is 2. The molecule has 1 aromatic carbocycles. The molecule has 0 radical (unpaired) electrons. The summed E-state index contributed by atoms with van der Waals surface area (Å²) in [5, 5.41) is 14.2. The number of carbonyl (C=O) groups is 1. The van der Waals surface area contributed by atoms with Gasteiger partial charge < -0.3 is 15.7 Å². The minimum absolute atomic E-state index is 0.0871. The van der Waals surface area contributed by atoms with Crippen molar-refractivity contribution >= 4 is 11.7 Å². The fourth-order valence-electron chi connectivity index (χ4n) is 1.40. The number of nitrogens with one attached hydrogen (secondary N) is 2. The van der Waals surface area contributed by atoms with Crippen molar-refractivity contribution in [2.45, 2.75) is 26.8 Å². The molecule has 0 spiro atoms. The Hall–Kier alpha value is -1.99. The van der Waals surface area contributed by atoms with E-state index in [1.54, 1.807) is 6.07 Å². The van der Waals surface area contributed by atoms with Crippen molar-refractivity contribution in [2.75, 3.05) is 11.9 Å². The first-order valence-corrected chi connectivity index (χ1v) is 5.81. The van der Waals surface area contributed by atoms with E-state index >= 15 is 0 Å². The van der Waals surface area contributed by atoms with Gasteiger partial charge in [-0.25, -0.2) is 4.79 Å². The van der Waals surface area contributed by atoms with Crippen LogP contribution in [0.25, 0.3) is 0 Å². The van der Waals surface area contributed by atoms with Crippen LogP contribution in [0.2, 0.25) is 0 Å². The lowest BCUT2D eigenvalue weighted by Gasteiger charge is -2.10. The summed E-state index contributed by atoms with van der Waals surface area (Å²) in [5.74, 6) is 5.44. The maximum absolute atomic E-state index is 11.5. The number of benzene rings is 1. The van der Waals surface area contributed by atoms with Crippen LogP contribution in [0.15, 0.2) is 18.2 Å². The lowest BCUT2D eigenvalue weighted by molar-refractivity contribution is 0.250. The maximum Gasteiger partial charge on any atom is 0.319 e. The van der Waals surface area contributed by atoms with Crippen molar-refractivity contribution in [3.05, 3.63) is 29.3 Å². The van der Waals surface area contributed by atoms with Gasteiger partial charge in [-0.15, -0.1) is 0 Å². The number of aliphatic hydroxyl groups is 1. The third-order valence-electron chi connectivity index (χ3n) is 2.22. The van der Waals surface area contributed by atoms with Gasteiger partial charge in [0, 0.05) is 17.3 Å². The molecule has 0 saturated carbocycles. The Morgan fingerprint density at radius 1 is 1.44 bits per heavy atom. The highest BCUT2D eigenvalue weighted by atomic mass is 16.2. The molecule has 4 heteroatoms. The van der Waals surface area contributed by atoms with E-state index in [2.05, 4.69) is 22.5 Å². The summed E-state index contributed by atoms with van der Waals surface area (Å²) in [5.41, 5.74) is 2.48. The summed E-state index contributed by atoms with van der Waals surface area (Å²) in [6.45, 7) is 5.55. The summed E-state index contributed by atoms with van der Waals surface area (Å²) in [4.78, 5) is 11.5. The topological polar surface area (TPSA) is 61.4 Å². The summed E-state index contributed by atoms with van der Waals surface area (Å²) >= 11 is 0. The Labute approximate surface area is 107 Å². The second-order valence-corrected chi connectivity index (χ2v) is 4.24. The van der Waals surface area contributed by atoms with Crippen LogP contribution in [0.4, 0.5) is 10.5 Å². The third-order valence-corrected chi connectivity index (χ3v) is 2.22. The summed E-state index contributed by atoms with van der Waals surface area (Å²) < 4.78 is 0. The fraction of sp³-hybridized carbons (Fsp3) is 0.357. The van der Waals surface area contributed by atoms with Crippen LogP contribution in [0, 0.1) is 18.8 Å². The molecule has 4 nitrogen and oxygen atoms in total. The van der Waals surface area contributed by atoms with Gasteiger partial charge in [0.25, 0.3) is 0 Å². The van der Waals surface area contributed by atoms with Gasteiger partial charge in [-0.3, -0.25) is 0 Å². The van der Waals surface area contributed by atoms with Crippen LogP contribution >= 0.6 is 0 Å². The molecule has 2 amide bonds. The van der Waals surface area contributed by atoms with Gasteiger partial charge in [-0.1, -0.05) is 17.9 Å². The van der Waals surface area contributed by atoms with E-state index in [0.29, 0.717) is 5.69 Å². The predicted molar refractivity (Wildman–Crippen MR) is 72.4 cm³/mol. The van der Waals surface area contributed by atoms with Crippen molar-refractivity contribution in [3.63, 3.8) is 0 Å². The van der Waals surface area contributed by atoms with Gasteiger partial charge in [0.05, 0.1) is 0 Å². The van der Waals surface area contributed by atoms with Crippen molar-refractivity contribution in [1.29, 1.82) is 0 Å². The molecular weight excluding hydrogens is 228 g/mol. The van der Waals surface area contributed by atoms with E-state index in [4.69, 9.17) is 5.11 Å². The second-order valence-electron chi connectivity index (χ2n) is 4.24. The number of hydrogen-bond donors (Lipinski definition) is 3. The van der Waals surface area contributed by atoms with Crippen LogP contribution in [-0.4, -0.2) is 23.8 Å². The van der Waals surface area contributed by atoms with Crippen molar-refractivity contribution < 1.29 is 9.90 Å². The summed E-state index contributed by atoms with van der Waals surface area (Å²) in [6, 6.07) is 5.34. The molecule has 18 heavy (non-hydrogen) atoms. The molecule has 0 unspecified atom stereocenters. The zero-order chi connectivity index (χ0) is 13.5. The number of carbonyl (C=O) groups excluding carboxylic acids is 1. The van der Waals surface area contributed by atoms with Gasteiger partial charge >= 0.3 is 6.03 Å². The number of aryl methyl sites for hydroxylation is 1. The van der Waals surface area contributed by atoms with Crippen molar-refractivity contribution in [3.8, 4) is 11.8 Å². The molecule has 0 aliphatic carbocycles. The molecule has 1 aromatic rings. The molecule has 0 aliphatic heterocycles. The molecule has 0 atom stereocenters. The highest BCUT2D eigenvalue weighted by Crippen LogP contribution is 2.14. The van der Waals surface area contributed by atoms with Gasteiger partial charge in [0.2, 0.25) is 0 Å². The van der Waals surface area contributed by atoms with E-state index in [0.717, 1.165) is 11.1 Å². The average Bonchev–Trinajstić information content (AvgIpc) is 2.28. The summed E-state index contributed by atoms with van der Waals surface area (Å²) in [6.07, 6.45) is 0. The molecule has 0 aromatic heterocycles. The number of urea groups is 1. The molecule has 0 fully saturated rings. The number of anilines is 1. The number of aliphatic hydroxyl groups excluding tert-OH is 1. The van der Waals surface area contributed by atoms with Crippen LogP contribution in [0.1, 0.15) is 25.0 Å². The Morgan fingerprint density at radius 3 is 2.78 bits per heavy atom. The maximum atomic E-state index is 11.5. The van der Waals surface area contributed by atoms with Crippen molar-refractivity contribution in [1.82, 2.24) is 5.32 Å².